The average Bonchev–Trinajstić information content (AvgIpc) is 2.99. The highest BCUT2D eigenvalue weighted by Gasteiger charge is 2.31. The summed E-state index contributed by atoms with van der Waals surface area (Å²) in [6.07, 6.45) is 5.36. The van der Waals surface area contributed by atoms with Crippen LogP contribution >= 0.6 is 0 Å². The van der Waals surface area contributed by atoms with E-state index in [-0.39, 0.29) is 0 Å². The van der Waals surface area contributed by atoms with Crippen molar-refractivity contribution in [3.8, 4) is 0 Å². The van der Waals surface area contributed by atoms with Gasteiger partial charge in [0.25, 0.3) is 0 Å². The number of hydrogen-bond donors (Lipinski definition) is 0. The van der Waals surface area contributed by atoms with Gasteiger partial charge in [0, 0.05) is 50.7 Å². The second-order valence-electron chi connectivity index (χ2n) is 6.41. The van der Waals surface area contributed by atoms with E-state index in [4.69, 9.17) is 4.99 Å². The van der Waals surface area contributed by atoms with Crippen LogP contribution in [-0.4, -0.2) is 60.9 Å². The van der Waals surface area contributed by atoms with Crippen LogP contribution in [0.15, 0.2) is 34.6 Å². The zero-order valence-electron chi connectivity index (χ0n) is 13.4. The zero-order chi connectivity index (χ0) is 15.1. The van der Waals surface area contributed by atoms with Crippen molar-refractivity contribution in [1.29, 1.82) is 0 Å². The van der Waals surface area contributed by atoms with Crippen molar-refractivity contribution < 1.29 is 0 Å². The van der Waals surface area contributed by atoms with E-state index in [1.54, 1.807) is 0 Å². The second kappa shape index (κ2) is 5.39. The number of aromatic nitrogens is 1. The summed E-state index contributed by atoms with van der Waals surface area (Å²) in [7, 11) is 4.33. The Bertz CT molecular complexity index is 640. The molecule has 0 aromatic carbocycles. The molecule has 0 spiro atoms. The van der Waals surface area contributed by atoms with Crippen LogP contribution in [0.4, 0.5) is 11.5 Å². The Morgan fingerprint density at radius 1 is 1.05 bits per heavy atom. The molecule has 3 aliphatic rings. The van der Waals surface area contributed by atoms with Gasteiger partial charge in [0.15, 0.2) is 5.82 Å². The molecule has 0 unspecified atom stereocenters. The Kier molecular flexibility index (Phi) is 3.37. The van der Waals surface area contributed by atoms with Crippen LogP contribution in [0.3, 0.4) is 0 Å². The maximum atomic E-state index is 5.04. The van der Waals surface area contributed by atoms with Crippen LogP contribution in [0.1, 0.15) is 19.3 Å². The molecule has 1 saturated heterocycles. The topological polar surface area (TPSA) is 35.0 Å². The van der Waals surface area contributed by atoms with E-state index in [2.05, 4.69) is 39.8 Å². The predicted molar refractivity (Wildman–Crippen MR) is 89.7 cm³/mol. The molecule has 5 nitrogen and oxygen atoms in total. The number of allylic oxidation sites excluding steroid dienone is 1. The summed E-state index contributed by atoms with van der Waals surface area (Å²) in [6, 6.07) is 4.06. The molecule has 5 heteroatoms. The summed E-state index contributed by atoms with van der Waals surface area (Å²) in [5.41, 5.74) is 3.84. The van der Waals surface area contributed by atoms with Gasteiger partial charge < -0.3 is 14.7 Å². The smallest absolute Gasteiger partial charge is 0.158 e. The number of amidine groups is 1. The zero-order valence-corrected chi connectivity index (χ0v) is 13.4. The summed E-state index contributed by atoms with van der Waals surface area (Å²) in [5, 5.41) is 0. The Hall–Kier alpha value is -1.88. The molecule has 1 aromatic heterocycles. The SMILES string of the molecule is CN1CCN(C2=Nc3cccnc3N(C)C3=C2CCC3)CC1. The molecule has 1 aromatic rings. The van der Waals surface area contributed by atoms with Crippen molar-refractivity contribution in [3.63, 3.8) is 0 Å². The van der Waals surface area contributed by atoms with Crippen LogP contribution in [0.2, 0.25) is 0 Å². The van der Waals surface area contributed by atoms with Crippen molar-refractivity contribution in [1.82, 2.24) is 14.8 Å². The van der Waals surface area contributed by atoms with Crippen molar-refractivity contribution in [2.75, 3.05) is 45.2 Å². The van der Waals surface area contributed by atoms with E-state index in [0.29, 0.717) is 0 Å². The molecule has 1 fully saturated rings. The van der Waals surface area contributed by atoms with Gasteiger partial charge in [-0.1, -0.05) is 0 Å². The molecule has 0 bridgehead atoms. The number of hydrogen-bond acceptors (Lipinski definition) is 5. The Labute approximate surface area is 131 Å². The van der Waals surface area contributed by atoms with Gasteiger partial charge in [0.2, 0.25) is 0 Å². The molecule has 116 valence electrons. The largest absolute Gasteiger partial charge is 0.354 e. The monoisotopic (exact) mass is 297 g/mol. The van der Waals surface area contributed by atoms with Crippen LogP contribution in [0.5, 0.6) is 0 Å². The number of likely N-dealkylation sites (N-methyl/N-ethyl adjacent to an activating group) is 1. The number of fused-ring (bicyclic) bond motifs is 1. The average molecular weight is 297 g/mol. The molecule has 2 aliphatic heterocycles. The van der Waals surface area contributed by atoms with E-state index in [1.165, 1.54) is 23.5 Å². The van der Waals surface area contributed by atoms with E-state index >= 15 is 0 Å². The highest BCUT2D eigenvalue weighted by atomic mass is 15.3. The lowest BCUT2D eigenvalue weighted by Gasteiger charge is -2.35. The first-order valence-electron chi connectivity index (χ1n) is 8.17. The first-order valence-corrected chi connectivity index (χ1v) is 8.17. The van der Waals surface area contributed by atoms with Gasteiger partial charge in [-0.3, -0.25) is 0 Å². The molecule has 0 atom stereocenters. The molecule has 3 heterocycles. The van der Waals surface area contributed by atoms with Crippen LogP contribution in [0, 0.1) is 0 Å². The molecule has 0 radical (unpaired) electrons. The predicted octanol–water partition coefficient (Wildman–Crippen LogP) is 2.25. The third-order valence-electron chi connectivity index (χ3n) is 4.98. The van der Waals surface area contributed by atoms with Gasteiger partial charge in [-0.15, -0.1) is 0 Å². The van der Waals surface area contributed by atoms with Crippen molar-refractivity contribution in [2.45, 2.75) is 19.3 Å². The fourth-order valence-electron chi connectivity index (χ4n) is 3.66. The minimum atomic E-state index is 0.987. The van der Waals surface area contributed by atoms with Crippen LogP contribution in [0.25, 0.3) is 0 Å². The highest BCUT2D eigenvalue weighted by Crippen LogP contribution is 2.39. The quantitative estimate of drug-likeness (QED) is 0.736. The fourth-order valence-corrected chi connectivity index (χ4v) is 3.66. The lowest BCUT2D eigenvalue weighted by Crippen LogP contribution is -2.47. The summed E-state index contributed by atoms with van der Waals surface area (Å²) in [6.45, 7) is 4.34. The summed E-state index contributed by atoms with van der Waals surface area (Å²) in [5.74, 6) is 2.18. The van der Waals surface area contributed by atoms with Crippen molar-refractivity contribution in [3.05, 3.63) is 29.6 Å². The van der Waals surface area contributed by atoms with Gasteiger partial charge in [-0.25, -0.2) is 9.98 Å². The van der Waals surface area contributed by atoms with E-state index in [1.807, 2.05) is 12.3 Å². The fraction of sp³-hybridized carbons (Fsp3) is 0.529. The van der Waals surface area contributed by atoms with E-state index in [0.717, 1.165) is 50.5 Å². The minimum absolute atomic E-state index is 0.987. The van der Waals surface area contributed by atoms with E-state index < -0.39 is 0 Å². The maximum Gasteiger partial charge on any atom is 0.158 e. The molecule has 0 saturated carbocycles. The lowest BCUT2D eigenvalue weighted by atomic mass is 10.1. The van der Waals surface area contributed by atoms with Gasteiger partial charge in [0.05, 0.1) is 0 Å². The maximum absolute atomic E-state index is 5.04. The number of aliphatic imine (C=N–C) groups is 1. The number of piperazine rings is 1. The second-order valence-corrected chi connectivity index (χ2v) is 6.41. The summed E-state index contributed by atoms with van der Waals surface area (Å²) in [4.78, 5) is 16.7. The molecule has 0 N–H and O–H groups in total. The Balaban J connectivity index is 1.79. The number of nitrogens with zero attached hydrogens (tertiary/aromatic N) is 5. The van der Waals surface area contributed by atoms with Gasteiger partial charge in [-0.05, 0) is 38.4 Å². The summed E-state index contributed by atoms with van der Waals surface area (Å²) < 4.78 is 0. The van der Waals surface area contributed by atoms with Crippen molar-refractivity contribution >= 4 is 17.3 Å². The standard InChI is InChI=1S/C17H23N5/c1-20-9-11-22(12-10-20)16-13-5-3-7-15(13)21(2)17-14(19-16)6-4-8-18-17/h4,6,8H,3,5,7,9-12H2,1-2H3. The third kappa shape index (κ3) is 2.20. The third-order valence-corrected chi connectivity index (χ3v) is 4.98. The number of pyridine rings is 1. The molecular weight excluding hydrogens is 274 g/mol. The Morgan fingerprint density at radius 3 is 2.68 bits per heavy atom. The van der Waals surface area contributed by atoms with Crippen LogP contribution < -0.4 is 4.90 Å². The summed E-state index contributed by atoms with van der Waals surface area (Å²) >= 11 is 0. The minimum Gasteiger partial charge on any atom is -0.354 e. The normalized spacial score (nSPS) is 22.4. The van der Waals surface area contributed by atoms with Crippen LogP contribution in [-0.2, 0) is 0 Å². The molecule has 1 aliphatic carbocycles. The molecule has 0 amide bonds. The van der Waals surface area contributed by atoms with Crippen molar-refractivity contribution in [2.24, 2.45) is 4.99 Å². The van der Waals surface area contributed by atoms with E-state index in [9.17, 15) is 0 Å². The first kappa shape index (κ1) is 13.8. The number of anilines is 1. The number of rotatable bonds is 0. The van der Waals surface area contributed by atoms with Gasteiger partial charge >= 0.3 is 0 Å². The lowest BCUT2D eigenvalue weighted by molar-refractivity contribution is 0.215. The molecule has 22 heavy (non-hydrogen) atoms. The van der Waals surface area contributed by atoms with Gasteiger partial charge in [-0.2, -0.15) is 0 Å². The molecule has 4 rings (SSSR count). The Morgan fingerprint density at radius 2 is 1.86 bits per heavy atom. The highest BCUT2D eigenvalue weighted by molar-refractivity contribution is 6.03. The molecular formula is C17H23N5. The first-order chi connectivity index (χ1) is 10.7. The van der Waals surface area contributed by atoms with Gasteiger partial charge in [0.1, 0.15) is 11.5 Å².